The van der Waals surface area contributed by atoms with Gasteiger partial charge in [-0.1, -0.05) is 48.5 Å². The van der Waals surface area contributed by atoms with E-state index >= 15 is 0 Å². The second kappa shape index (κ2) is 9.26. The maximum absolute atomic E-state index is 12.8. The Kier molecular flexibility index (Phi) is 5.87. The summed E-state index contributed by atoms with van der Waals surface area (Å²) in [6.07, 6.45) is 0. The van der Waals surface area contributed by atoms with Gasteiger partial charge in [0.1, 0.15) is 0 Å². The molecule has 0 radical (unpaired) electrons. The predicted octanol–water partition coefficient (Wildman–Crippen LogP) is 3.50. The molecule has 7 nitrogen and oxygen atoms in total. The predicted molar refractivity (Wildman–Crippen MR) is 131 cm³/mol. The van der Waals surface area contributed by atoms with Crippen LogP contribution in [0.25, 0.3) is 10.8 Å². The Labute approximate surface area is 191 Å². The highest BCUT2D eigenvalue weighted by Gasteiger charge is 2.18. The first kappa shape index (κ1) is 20.9. The van der Waals surface area contributed by atoms with Gasteiger partial charge in [0.25, 0.3) is 11.5 Å². The standard InChI is InChI=1S/C26H25N5O2/c32-25-23-9-5-4-8-22(23)24(28-29-25)26(33)27-20-10-12-21(13-11-20)31-16-14-30(15-17-31)18-19-6-2-1-3-7-19/h1-13H,14-18H2,(H,27,33)(H,29,32). The van der Waals surface area contributed by atoms with Crippen molar-refractivity contribution in [1.82, 2.24) is 15.1 Å². The van der Waals surface area contributed by atoms with Crippen LogP contribution in [0.3, 0.4) is 0 Å². The van der Waals surface area contributed by atoms with E-state index in [-0.39, 0.29) is 17.2 Å². The zero-order chi connectivity index (χ0) is 22.6. The third-order valence-electron chi connectivity index (χ3n) is 6.02. The maximum Gasteiger partial charge on any atom is 0.276 e. The molecule has 0 spiro atoms. The number of carbonyl (C=O) groups is 1. The van der Waals surface area contributed by atoms with Crippen LogP contribution in [0.15, 0.2) is 83.7 Å². The van der Waals surface area contributed by atoms with E-state index in [0.29, 0.717) is 16.5 Å². The molecular formula is C26H25N5O2. The SMILES string of the molecule is O=C(Nc1ccc(N2CCN(Cc3ccccc3)CC2)cc1)c1n[nH]c(=O)c2ccccc12. The number of nitrogens with one attached hydrogen (secondary N) is 2. The van der Waals surface area contributed by atoms with Crippen molar-refractivity contribution in [3.63, 3.8) is 0 Å². The van der Waals surface area contributed by atoms with Crippen LogP contribution in [-0.4, -0.2) is 47.2 Å². The zero-order valence-corrected chi connectivity index (χ0v) is 18.2. The number of H-pyrrole nitrogens is 1. The number of hydrogen-bond acceptors (Lipinski definition) is 5. The summed E-state index contributed by atoms with van der Waals surface area (Å²) in [5.41, 5.74) is 3.05. The summed E-state index contributed by atoms with van der Waals surface area (Å²) in [7, 11) is 0. The van der Waals surface area contributed by atoms with Crippen molar-refractivity contribution < 1.29 is 4.79 Å². The molecule has 0 atom stereocenters. The highest BCUT2D eigenvalue weighted by molar-refractivity contribution is 6.11. The van der Waals surface area contributed by atoms with Gasteiger partial charge >= 0.3 is 0 Å². The molecule has 1 aromatic heterocycles. The van der Waals surface area contributed by atoms with E-state index in [1.54, 1.807) is 24.3 Å². The normalized spacial score (nSPS) is 14.4. The number of piperazine rings is 1. The molecule has 0 saturated carbocycles. The van der Waals surface area contributed by atoms with E-state index < -0.39 is 0 Å². The number of aromatic nitrogens is 2. The van der Waals surface area contributed by atoms with Crippen molar-refractivity contribution in [3.8, 4) is 0 Å². The number of aromatic amines is 1. The smallest absolute Gasteiger partial charge is 0.276 e. The molecule has 2 heterocycles. The number of amides is 1. The van der Waals surface area contributed by atoms with Gasteiger partial charge in [-0.2, -0.15) is 5.10 Å². The first-order valence-electron chi connectivity index (χ1n) is 11.1. The van der Waals surface area contributed by atoms with Crippen molar-refractivity contribution in [2.75, 3.05) is 36.4 Å². The minimum absolute atomic E-state index is 0.198. The Hall–Kier alpha value is -3.97. The fraction of sp³-hybridized carbons (Fsp3) is 0.192. The highest BCUT2D eigenvalue weighted by Crippen LogP contribution is 2.21. The third kappa shape index (κ3) is 4.63. The van der Waals surface area contributed by atoms with Crippen molar-refractivity contribution in [2.24, 2.45) is 0 Å². The first-order valence-corrected chi connectivity index (χ1v) is 11.1. The largest absolute Gasteiger partial charge is 0.369 e. The van der Waals surface area contributed by atoms with Crippen LogP contribution in [-0.2, 0) is 6.54 Å². The average Bonchev–Trinajstić information content (AvgIpc) is 2.86. The Bertz CT molecular complexity index is 1310. The monoisotopic (exact) mass is 439 g/mol. The number of nitrogens with zero attached hydrogens (tertiary/aromatic N) is 3. The van der Waals surface area contributed by atoms with Gasteiger partial charge in [-0.15, -0.1) is 0 Å². The molecule has 1 aliphatic rings. The van der Waals surface area contributed by atoms with Crippen LogP contribution in [0.5, 0.6) is 0 Å². The lowest BCUT2D eigenvalue weighted by molar-refractivity contribution is 0.102. The van der Waals surface area contributed by atoms with E-state index in [4.69, 9.17) is 0 Å². The minimum Gasteiger partial charge on any atom is -0.369 e. The summed E-state index contributed by atoms with van der Waals surface area (Å²) in [5.74, 6) is -0.357. The Balaban J connectivity index is 1.21. The number of hydrogen-bond donors (Lipinski definition) is 2. The molecule has 0 unspecified atom stereocenters. The molecule has 0 bridgehead atoms. The van der Waals surface area contributed by atoms with Crippen LogP contribution in [0.2, 0.25) is 0 Å². The molecule has 4 aromatic rings. The van der Waals surface area contributed by atoms with Gasteiger partial charge < -0.3 is 10.2 Å². The average molecular weight is 440 g/mol. The van der Waals surface area contributed by atoms with Crippen LogP contribution >= 0.6 is 0 Å². The van der Waals surface area contributed by atoms with Gasteiger partial charge in [-0.25, -0.2) is 5.10 Å². The molecule has 1 fully saturated rings. The molecule has 1 amide bonds. The van der Waals surface area contributed by atoms with Crippen molar-refractivity contribution in [2.45, 2.75) is 6.54 Å². The fourth-order valence-corrected chi connectivity index (χ4v) is 4.24. The van der Waals surface area contributed by atoms with E-state index in [1.165, 1.54) is 5.56 Å². The van der Waals surface area contributed by atoms with Crippen LogP contribution in [0.1, 0.15) is 16.1 Å². The lowest BCUT2D eigenvalue weighted by Gasteiger charge is -2.36. The summed E-state index contributed by atoms with van der Waals surface area (Å²) in [5, 5.41) is 10.2. The molecule has 3 aromatic carbocycles. The summed E-state index contributed by atoms with van der Waals surface area (Å²) < 4.78 is 0. The number of rotatable bonds is 5. The molecule has 2 N–H and O–H groups in total. The molecule has 5 rings (SSSR count). The van der Waals surface area contributed by atoms with Crippen molar-refractivity contribution >= 4 is 28.1 Å². The topological polar surface area (TPSA) is 81.3 Å². The molecule has 1 aliphatic heterocycles. The van der Waals surface area contributed by atoms with Crippen molar-refractivity contribution in [1.29, 1.82) is 0 Å². The second-order valence-corrected chi connectivity index (χ2v) is 8.20. The number of benzene rings is 3. The van der Waals surface area contributed by atoms with Gasteiger partial charge in [0.05, 0.1) is 5.39 Å². The number of carbonyl (C=O) groups excluding carboxylic acids is 1. The van der Waals surface area contributed by atoms with E-state index in [2.05, 4.69) is 49.6 Å². The van der Waals surface area contributed by atoms with Gasteiger partial charge in [0.2, 0.25) is 0 Å². The Morgan fingerprint density at radius 1 is 0.848 bits per heavy atom. The van der Waals surface area contributed by atoms with Gasteiger partial charge in [-0.05, 0) is 35.9 Å². The fourth-order valence-electron chi connectivity index (χ4n) is 4.24. The molecular weight excluding hydrogens is 414 g/mol. The number of fused-ring (bicyclic) bond motifs is 1. The van der Waals surface area contributed by atoms with Gasteiger partial charge in [-0.3, -0.25) is 14.5 Å². The molecule has 33 heavy (non-hydrogen) atoms. The summed E-state index contributed by atoms with van der Waals surface area (Å²) in [6.45, 7) is 4.93. The lowest BCUT2D eigenvalue weighted by Crippen LogP contribution is -2.45. The zero-order valence-electron chi connectivity index (χ0n) is 18.2. The lowest BCUT2D eigenvalue weighted by atomic mass is 10.1. The summed E-state index contributed by atoms with van der Waals surface area (Å²) in [4.78, 5) is 29.6. The molecule has 1 saturated heterocycles. The van der Waals surface area contributed by atoms with Crippen LogP contribution in [0, 0.1) is 0 Å². The third-order valence-corrected chi connectivity index (χ3v) is 6.02. The Morgan fingerprint density at radius 2 is 1.52 bits per heavy atom. The summed E-state index contributed by atoms with van der Waals surface area (Å²) >= 11 is 0. The quantitative estimate of drug-likeness (QED) is 0.498. The van der Waals surface area contributed by atoms with Gasteiger partial charge in [0, 0.05) is 49.5 Å². The number of anilines is 2. The second-order valence-electron chi connectivity index (χ2n) is 8.20. The van der Waals surface area contributed by atoms with E-state index in [0.717, 1.165) is 38.4 Å². The molecule has 7 heteroatoms. The first-order chi connectivity index (χ1) is 16.2. The van der Waals surface area contributed by atoms with Crippen LogP contribution in [0.4, 0.5) is 11.4 Å². The Morgan fingerprint density at radius 3 is 2.24 bits per heavy atom. The van der Waals surface area contributed by atoms with Gasteiger partial charge in [0.15, 0.2) is 5.69 Å². The highest BCUT2D eigenvalue weighted by atomic mass is 16.2. The van der Waals surface area contributed by atoms with Crippen molar-refractivity contribution in [3.05, 3.63) is 100 Å². The van der Waals surface area contributed by atoms with E-state index in [9.17, 15) is 9.59 Å². The minimum atomic E-state index is -0.357. The van der Waals surface area contributed by atoms with E-state index in [1.807, 2.05) is 30.3 Å². The van der Waals surface area contributed by atoms with Crippen LogP contribution < -0.4 is 15.8 Å². The molecule has 166 valence electrons. The molecule has 0 aliphatic carbocycles. The summed E-state index contributed by atoms with van der Waals surface area (Å²) in [6, 6.07) is 25.4. The maximum atomic E-state index is 12.8.